The van der Waals surface area contributed by atoms with E-state index in [1.165, 1.54) is 0 Å². The number of halogens is 7. The Labute approximate surface area is 158 Å². The van der Waals surface area contributed by atoms with E-state index in [-0.39, 0.29) is 16.4 Å². The zero-order valence-corrected chi connectivity index (χ0v) is 14.6. The lowest BCUT2D eigenvalue weighted by atomic mass is 10.1. The number of hydrogen-bond donors (Lipinski definition) is 3. The average molecular weight is 429 g/mol. The van der Waals surface area contributed by atoms with Crippen LogP contribution < -0.4 is 10.6 Å². The van der Waals surface area contributed by atoms with Crippen molar-refractivity contribution in [3.63, 3.8) is 0 Å². The van der Waals surface area contributed by atoms with E-state index in [2.05, 4.69) is 15.5 Å². The number of alkyl halides is 6. The predicted molar refractivity (Wildman–Crippen MR) is 86.1 cm³/mol. The molecule has 152 valence electrons. The lowest BCUT2D eigenvalue weighted by Crippen LogP contribution is -2.33. The van der Waals surface area contributed by atoms with E-state index in [0.29, 0.717) is 0 Å². The fourth-order valence-electron chi connectivity index (χ4n) is 2.18. The van der Waals surface area contributed by atoms with Crippen molar-refractivity contribution in [1.82, 2.24) is 15.5 Å². The number of hydrogen-bond acceptors (Lipinski definition) is 3. The number of nitrogens with zero attached hydrogens (tertiary/aromatic N) is 1. The van der Waals surface area contributed by atoms with Gasteiger partial charge in [-0.05, 0) is 25.1 Å². The molecule has 0 radical (unpaired) electrons. The van der Waals surface area contributed by atoms with Gasteiger partial charge in [-0.25, -0.2) is 0 Å². The second-order valence-electron chi connectivity index (χ2n) is 5.52. The molecule has 0 atom stereocenters. The summed E-state index contributed by atoms with van der Waals surface area (Å²) in [5, 5.41) is 8.86. The molecule has 1 aromatic heterocycles. The zero-order chi connectivity index (χ0) is 21.3. The molecule has 0 unspecified atom stereocenters. The van der Waals surface area contributed by atoms with Gasteiger partial charge in [-0.2, -0.15) is 31.4 Å². The Balaban J connectivity index is 2.24. The van der Waals surface area contributed by atoms with Gasteiger partial charge in [-0.3, -0.25) is 14.7 Å². The number of amides is 2. The standard InChI is InChI=1S/C15H11ClF6N4O2/c1-6-10(15(20,21)22)11(26-25-6)13(28)24-7-2-3-9(16)8(4-7)12(27)23-5-14(17,18)19/h2-4H,5H2,1H3,(H,23,27)(H,24,28)(H,25,26). The molecule has 0 saturated carbocycles. The fraction of sp³-hybridized carbons (Fsp3) is 0.267. The highest BCUT2D eigenvalue weighted by Crippen LogP contribution is 2.33. The minimum atomic E-state index is -4.84. The average Bonchev–Trinajstić information content (AvgIpc) is 2.95. The molecule has 1 heterocycles. The SMILES string of the molecule is Cc1[nH]nc(C(=O)Nc2ccc(Cl)c(C(=O)NCC(F)(F)F)c2)c1C(F)(F)F. The van der Waals surface area contributed by atoms with Gasteiger partial charge in [-0.1, -0.05) is 11.6 Å². The van der Waals surface area contributed by atoms with Crippen LogP contribution in [0.2, 0.25) is 5.02 Å². The number of aromatic nitrogens is 2. The Morgan fingerprint density at radius 3 is 2.36 bits per heavy atom. The van der Waals surface area contributed by atoms with Gasteiger partial charge >= 0.3 is 12.4 Å². The van der Waals surface area contributed by atoms with Gasteiger partial charge < -0.3 is 10.6 Å². The molecular formula is C15H11ClF6N4O2. The number of rotatable bonds is 4. The second kappa shape index (κ2) is 7.70. The lowest BCUT2D eigenvalue weighted by Gasteiger charge is -2.12. The van der Waals surface area contributed by atoms with Crippen molar-refractivity contribution in [2.45, 2.75) is 19.3 Å². The van der Waals surface area contributed by atoms with Crippen LogP contribution in [0.1, 0.15) is 32.1 Å². The van der Waals surface area contributed by atoms with Gasteiger partial charge in [-0.15, -0.1) is 0 Å². The van der Waals surface area contributed by atoms with Gasteiger partial charge in [0, 0.05) is 11.4 Å². The van der Waals surface area contributed by atoms with Crippen LogP contribution in [0.3, 0.4) is 0 Å². The quantitative estimate of drug-likeness (QED) is 0.645. The molecule has 1 aromatic carbocycles. The van der Waals surface area contributed by atoms with Crippen molar-refractivity contribution >= 4 is 29.1 Å². The maximum Gasteiger partial charge on any atom is 0.420 e. The molecule has 0 bridgehead atoms. The molecule has 0 saturated heterocycles. The first-order valence-electron chi connectivity index (χ1n) is 7.37. The minimum absolute atomic E-state index is 0.166. The Morgan fingerprint density at radius 1 is 1.14 bits per heavy atom. The monoisotopic (exact) mass is 428 g/mol. The Kier molecular flexibility index (Phi) is 5.92. The third kappa shape index (κ3) is 5.15. The van der Waals surface area contributed by atoms with Gasteiger partial charge in [0.1, 0.15) is 12.1 Å². The van der Waals surface area contributed by atoms with Crippen LogP contribution in [0.4, 0.5) is 32.0 Å². The first-order valence-corrected chi connectivity index (χ1v) is 7.75. The third-order valence-corrected chi connectivity index (χ3v) is 3.69. The van der Waals surface area contributed by atoms with Crippen LogP contribution in [0.15, 0.2) is 18.2 Å². The summed E-state index contributed by atoms with van der Waals surface area (Å²) in [6.07, 6.45) is -9.49. The lowest BCUT2D eigenvalue weighted by molar-refractivity contribution is -0.138. The van der Waals surface area contributed by atoms with Crippen LogP contribution in [0, 0.1) is 6.92 Å². The number of benzene rings is 1. The Morgan fingerprint density at radius 2 is 1.79 bits per heavy atom. The predicted octanol–water partition coefficient (Wildman–Crippen LogP) is 3.93. The number of carbonyl (C=O) groups excluding carboxylic acids is 2. The summed E-state index contributed by atoms with van der Waals surface area (Å²) in [6.45, 7) is -0.530. The molecule has 0 aliphatic rings. The summed E-state index contributed by atoms with van der Waals surface area (Å²) < 4.78 is 75.7. The molecule has 0 aliphatic heterocycles. The molecule has 0 fully saturated rings. The van der Waals surface area contributed by atoms with Crippen LogP contribution in [-0.2, 0) is 6.18 Å². The number of H-pyrrole nitrogens is 1. The Bertz CT molecular complexity index is 907. The maximum atomic E-state index is 13.0. The minimum Gasteiger partial charge on any atom is -0.343 e. The molecule has 2 rings (SSSR count). The van der Waals surface area contributed by atoms with E-state index < -0.39 is 47.5 Å². The molecule has 2 aromatic rings. The highest BCUT2D eigenvalue weighted by atomic mass is 35.5. The third-order valence-electron chi connectivity index (χ3n) is 3.36. The van der Waals surface area contributed by atoms with E-state index in [4.69, 9.17) is 11.6 Å². The number of carbonyl (C=O) groups is 2. The highest BCUT2D eigenvalue weighted by Gasteiger charge is 2.39. The van der Waals surface area contributed by atoms with Crippen molar-refractivity contribution in [2.75, 3.05) is 11.9 Å². The van der Waals surface area contributed by atoms with Crippen molar-refractivity contribution in [3.8, 4) is 0 Å². The largest absolute Gasteiger partial charge is 0.420 e. The number of aryl methyl sites for hydroxylation is 1. The molecule has 3 N–H and O–H groups in total. The number of anilines is 1. The maximum absolute atomic E-state index is 13.0. The summed E-state index contributed by atoms with van der Waals surface area (Å²) >= 11 is 5.76. The summed E-state index contributed by atoms with van der Waals surface area (Å²) in [4.78, 5) is 24.0. The molecule has 28 heavy (non-hydrogen) atoms. The fourth-order valence-corrected chi connectivity index (χ4v) is 2.39. The van der Waals surface area contributed by atoms with Crippen molar-refractivity contribution in [2.24, 2.45) is 0 Å². The molecule has 2 amide bonds. The van der Waals surface area contributed by atoms with Crippen molar-refractivity contribution in [1.29, 1.82) is 0 Å². The molecule has 0 spiro atoms. The number of nitrogens with one attached hydrogen (secondary N) is 3. The van der Waals surface area contributed by atoms with Crippen LogP contribution in [0.5, 0.6) is 0 Å². The normalized spacial score (nSPS) is 12.0. The van der Waals surface area contributed by atoms with Crippen molar-refractivity contribution in [3.05, 3.63) is 45.7 Å². The smallest absolute Gasteiger partial charge is 0.343 e. The van der Waals surface area contributed by atoms with E-state index in [0.717, 1.165) is 25.1 Å². The van der Waals surface area contributed by atoms with Crippen LogP contribution in [-0.4, -0.2) is 34.7 Å². The topological polar surface area (TPSA) is 86.9 Å². The molecular weight excluding hydrogens is 418 g/mol. The van der Waals surface area contributed by atoms with E-state index in [1.807, 2.05) is 0 Å². The summed E-state index contributed by atoms with van der Waals surface area (Å²) in [5.41, 5.74) is -3.13. The molecule has 13 heteroatoms. The zero-order valence-electron chi connectivity index (χ0n) is 13.8. The van der Waals surface area contributed by atoms with E-state index in [9.17, 15) is 35.9 Å². The highest BCUT2D eigenvalue weighted by molar-refractivity contribution is 6.34. The first-order chi connectivity index (χ1) is 12.8. The molecule has 0 aliphatic carbocycles. The van der Waals surface area contributed by atoms with E-state index >= 15 is 0 Å². The van der Waals surface area contributed by atoms with Crippen LogP contribution >= 0.6 is 11.6 Å². The first kappa shape index (κ1) is 21.5. The summed E-state index contributed by atoms with van der Waals surface area (Å²) in [5.74, 6) is -2.41. The van der Waals surface area contributed by atoms with Crippen molar-refractivity contribution < 1.29 is 35.9 Å². The van der Waals surface area contributed by atoms with Gasteiger partial charge in [0.25, 0.3) is 11.8 Å². The van der Waals surface area contributed by atoms with Gasteiger partial charge in [0.05, 0.1) is 10.6 Å². The van der Waals surface area contributed by atoms with E-state index in [1.54, 1.807) is 5.32 Å². The molecule has 6 nitrogen and oxygen atoms in total. The summed E-state index contributed by atoms with van der Waals surface area (Å²) in [7, 11) is 0. The number of aromatic amines is 1. The van der Waals surface area contributed by atoms with Gasteiger partial charge in [0.15, 0.2) is 5.69 Å². The van der Waals surface area contributed by atoms with Gasteiger partial charge in [0.2, 0.25) is 0 Å². The second-order valence-corrected chi connectivity index (χ2v) is 5.92. The van der Waals surface area contributed by atoms with Crippen LogP contribution in [0.25, 0.3) is 0 Å². The Hall–Kier alpha value is -2.76. The summed E-state index contributed by atoms with van der Waals surface area (Å²) in [6, 6.07) is 3.19.